The Morgan fingerprint density at radius 1 is 1.22 bits per heavy atom. The molecule has 152 valence electrons. The van der Waals surface area contributed by atoms with Crippen molar-refractivity contribution in [2.45, 2.75) is 19.4 Å². The van der Waals surface area contributed by atoms with Gasteiger partial charge in [-0.25, -0.2) is 0 Å². The van der Waals surface area contributed by atoms with Crippen molar-refractivity contribution in [2.24, 2.45) is 5.92 Å². The third-order valence-corrected chi connectivity index (χ3v) is 5.11. The van der Waals surface area contributed by atoms with E-state index in [2.05, 4.69) is 21.9 Å². The summed E-state index contributed by atoms with van der Waals surface area (Å²) in [5, 5.41) is 0. The summed E-state index contributed by atoms with van der Waals surface area (Å²) in [7, 11) is 7.38. The van der Waals surface area contributed by atoms with E-state index >= 15 is 0 Å². The molecule has 1 amide bonds. The lowest BCUT2D eigenvalue weighted by Crippen LogP contribution is -2.45. The van der Waals surface area contributed by atoms with Crippen LogP contribution in [0.1, 0.15) is 18.4 Å². The van der Waals surface area contributed by atoms with Crippen molar-refractivity contribution in [2.75, 3.05) is 67.6 Å². The molecule has 6 heteroatoms. The minimum absolute atomic E-state index is 0.0844. The van der Waals surface area contributed by atoms with E-state index in [1.807, 2.05) is 31.1 Å². The lowest BCUT2D eigenvalue weighted by atomic mass is 9.96. The predicted octanol–water partition coefficient (Wildman–Crippen LogP) is 1.94. The number of para-hydroxylation sites is 1. The molecule has 0 bridgehead atoms. The van der Waals surface area contributed by atoms with E-state index in [1.165, 1.54) is 18.4 Å². The number of benzene rings is 1. The Morgan fingerprint density at radius 3 is 2.70 bits per heavy atom. The normalized spacial score (nSPS) is 17.9. The molecule has 0 aliphatic carbocycles. The first-order valence-electron chi connectivity index (χ1n) is 9.79. The quantitative estimate of drug-likeness (QED) is 0.624. The van der Waals surface area contributed by atoms with Gasteiger partial charge in [-0.15, -0.1) is 0 Å². The molecule has 0 N–H and O–H groups in total. The fourth-order valence-corrected chi connectivity index (χ4v) is 3.68. The van der Waals surface area contributed by atoms with Gasteiger partial charge in [0.15, 0.2) is 0 Å². The molecule has 27 heavy (non-hydrogen) atoms. The summed E-state index contributed by atoms with van der Waals surface area (Å²) < 4.78 is 10.6. The molecule has 1 heterocycles. The number of likely N-dealkylation sites (tertiary alicyclic amines) is 1. The number of hydrogen-bond donors (Lipinski definition) is 0. The molecule has 1 aliphatic rings. The van der Waals surface area contributed by atoms with Crippen LogP contribution in [0.15, 0.2) is 24.3 Å². The highest BCUT2D eigenvalue weighted by Crippen LogP contribution is 2.24. The van der Waals surface area contributed by atoms with E-state index in [9.17, 15) is 4.79 Å². The summed E-state index contributed by atoms with van der Waals surface area (Å²) >= 11 is 0. The van der Waals surface area contributed by atoms with E-state index in [4.69, 9.17) is 9.47 Å². The molecule has 1 atom stereocenters. The number of methoxy groups -OCH3 is 2. The highest BCUT2D eigenvalue weighted by molar-refractivity contribution is 5.77. The van der Waals surface area contributed by atoms with Gasteiger partial charge in [-0.3, -0.25) is 9.69 Å². The van der Waals surface area contributed by atoms with Gasteiger partial charge >= 0.3 is 0 Å². The number of likely N-dealkylation sites (N-methyl/N-ethyl adjacent to an activating group) is 1. The maximum Gasteiger partial charge on any atom is 0.248 e. The average Bonchev–Trinajstić information content (AvgIpc) is 2.66. The molecule has 2 rings (SSSR count). The number of rotatable bonds is 10. The van der Waals surface area contributed by atoms with Crippen LogP contribution >= 0.6 is 0 Å². The van der Waals surface area contributed by atoms with Gasteiger partial charge in [0.1, 0.15) is 12.4 Å². The summed E-state index contributed by atoms with van der Waals surface area (Å²) in [4.78, 5) is 19.0. The molecular formula is C21H35N3O3. The van der Waals surface area contributed by atoms with Gasteiger partial charge in [-0.05, 0) is 45.5 Å². The van der Waals surface area contributed by atoms with Gasteiger partial charge < -0.3 is 19.3 Å². The minimum atomic E-state index is 0.0844. The van der Waals surface area contributed by atoms with Gasteiger partial charge in [0.2, 0.25) is 5.91 Å². The highest BCUT2D eigenvalue weighted by atomic mass is 16.5. The van der Waals surface area contributed by atoms with Crippen LogP contribution in [0.5, 0.6) is 5.75 Å². The Labute approximate surface area is 164 Å². The van der Waals surface area contributed by atoms with E-state index in [0.29, 0.717) is 5.92 Å². The zero-order valence-electron chi connectivity index (χ0n) is 17.3. The van der Waals surface area contributed by atoms with Gasteiger partial charge in [0, 0.05) is 45.4 Å². The Bertz CT molecular complexity index is 580. The SMILES string of the molecule is COCC(=O)N(CCN(C)C)C[C@@H]1CCCN(Cc2ccccc2OC)C1. The second-order valence-corrected chi connectivity index (χ2v) is 7.63. The summed E-state index contributed by atoms with van der Waals surface area (Å²) in [5.41, 5.74) is 1.22. The maximum absolute atomic E-state index is 12.4. The fourth-order valence-electron chi connectivity index (χ4n) is 3.68. The predicted molar refractivity (Wildman–Crippen MR) is 108 cm³/mol. The Hall–Kier alpha value is -1.63. The van der Waals surface area contributed by atoms with Gasteiger partial charge in [-0.1, -0.05) is 18.2 Å². The minimum Gasteiger partial charge on any atom is -0.496 e. The monoisotopic (exact) mass is 377 g/mol. The molecule has 6 nitrogen and oxygen atoms in total. The largest absolute Gasteiger partial charge is 0.496 e. The van der Waals surface area contributed by atoms with Crippen molar-refractivity contribution in [1.82, 2.24) is 14.7 Å². The third-order valence-electron chi connectivity index (χ3n) is 5.11. The number of carbonyl (C=O) groups is 1. The number of piperidine rings is 1. The zero-order chi connectivity index (χ0) is 19.6. The Kier molecular flexibility index (Phi) is 9.04. The smallest absolute Gasteiger partial charge is 0.248 e. The first kappa shape index (κ1) is 21.7. The first-order chi connectivity index (χ1) is 13.0. The van der Waals surface area contributed by atoms with Crippen LogP contribution in [0.2, 0.25) is 0 Å². The number of nitrogens with zero attached hydrogens (tertiary/aromatic N) is 3. The van der Waals surface area contributed by atoms with Crippen LogP contribution < -0.4 is 4.74 Å². The van der Waals surface area contributed by atoms with E-state index in [1.54, 1.807) is 14.2 Å². The molecule has 0 aromatic heterocycles. The third kappa shape index (κ3) is 7.13. The van der Waals surface area contributed by atoms with Gasteiger partial charge in [0.05, 0.1) is 7.11 Å². The van der Waals surface area contributed by atoms with Crippen LogP contribution in [0, 0.1) is 5.92 Å². The summed E-state index contributed by atoms with van der Waals surface area (Å²) in [5.74, 6) is 1.53. The molecule has 1 saturated heterocycles. The van der Waals surface area contributed by atoms with Crippen LogP contribution in [0.3, 0.4) is 0 Å². The topological polar surface area (TPSA) is 45.2 Å². The lowest BCUT2D eigenvalue weighted by Gasteiger charge is -2.36. The van der Waals surface area contributed by atoms with Crippen LogP contribution in [0.4, 0.5) is 0 Å². The number of carbonyl (C=O) groups excluding carboxylic acids is 1. The molecule has 0 saturated carbocycles. The summed E-state index contributed by atoms with van der Waals surface area (Å²) in [6, 6.07) is 8.22. The molecule has 0 spiro atoms. The van der Waals surface area contributed by atoms with Gasteiger partial charge in [-0.2, -0.15) is 0 Å². The van der Waals surface area contributed by atoms with Crippen LogP contribution in [0.25, 0.3) is 0 Å². The molecule has 1 fully saturated rings. The molecule has 0 unspecified atom stereocenters. The summed E-state index contributed by atoms with van der Waals surface area (Å²) in [6.45, 7) is 5.58. The van der Waals surface area contributed by atoms with E-state index < -0.39 is 0 Å². The molecular weight excluding hydrogens is 342 g/mol. The first-order valence-corrected chi connectivity index (χ1v) is 9.79. The lowest BCUT2D eigenvalue weighted by molar-refractivity contribution is -0.136. The molecule has 1 aliphatic heterocycles. The molecule has 0 radical (unpaired) electrons. The maximum atomic E-state index is 12.4. The van der Waals surface area contributed by atoms with Crippen molar-refractivity contribution in [3.63, 3.8) is 0 Å². The van der Waals surface area contributed by atoms with Crippen molar-refractivity contribution >= 4 is 5.91 Å². The average molecular weight is 378 g/mol. The number of hydrogen-bond acceptors (Lipinski definition) is 5. The zero-order valence-corrected chi connectivity index (χ0v) is 17.3. The van der Waals surface area contributed by atoms with E-state index in [0.717, 1.165) is 45.0 Å². The van der Waals surface area contributed by atoms with Crippen molar-refractivity contribution in [3.05, 3.63) is 29.8 Å². The molecule has 1 aromatic carbocycles. The van der Waals surface area contributed by atoms with Crippen molar-refractivity contribution in [3.8, 4) is 5.75 Å². The summed E-state index contributed by atoms with van der Waals surface area (Å²) in [6.07, 6.45) is 2.33. The standard InChI is InChI=1S/C21H35N3O3/c1-22(2)12-13-24(21(25)17-26-3)15-18-8-7-11-23(14-18)16-19-9-5-6-10-20(19)27-4/h5-6,9-10,18H,7-8,11-17H2,1-4H3/t18-/m1/s1. The van der Waals surface area contributed by atoms with Crippen molar-refractivity contribution < 1.29 is 14.3 Å². The van der Waals surface area contributed by atoms with E-state index in [-0.39, 0.29) is 12.5 Å². The molecule has 1 aromatic rings. The Balaban J connectivity index is 1.95. The van der Waals surface area contributed by atoms with Crippen molar-refractivity contribution in [1.29, 1.82) is 0 Å². The number of amides is 1. The van der Waals surface area contributed by atoms with Gasteiger partial charge in [0.25, 0.3) is 0 Å². The number of ether oxygens (including phenoxy) is 2. The van der Waals surface area contributed by atoms with Crippen LogP contribution in [-0.4, -0.2) is 88.3 Å². The second kappa shape index (κ2) is 11.3. The fraction of sp³-hybridized carbons (Fsp3) is 0.667. The van der Waals surface area contributed by atoms with Crippen LogP contribution in [-0.2, 0) is 16.1 Å². The second-order valence-electron chi connectivity index (χ2n) is 7.63. The Morgan fingerprint density at radius 2 is 2.00 bits per heavy atom. The highest BCUT2D eigenvalue weighted by Gasteiger charge is 2.25.